The minimum atomic E-state index is -0.0597. The van der Waals surface area contributed by atoms with Gasteiger partial charge in [-0.1, -0.05) is 29.8 Å². The van der Waals surface area contributed by atoms with E-state index in [2.05, 4.69) is 39.7 Å². The van der Waals surface area contributed by atoms with Crippen molar-refractivity contribution in [1.82, 2.24) is 15.6 Å². The number of nitrogens with one attached hydrogen (secondary N) is 2. The molecule has 0 amide bonds. The van der Waals surface area contributed by atoms with Crippen LogP contribution in [0.5, 0.6) is 11.5 Å². The van der Waals surface area contributed by atoms with Crippen LogP contribution < -0.4 is 20.1 Å². The summed E-state index contributed by atoms with van der Waals surface area (Å²) in [6.07, 6.45) is 1.74. The summed E-state index contributed by atoms with van der Waals surface area (Å²) in [4.78, 5) is 9.00. The summed E-state index contributed by atoms with van der Waals surface area (Å²) in [5, 5.41) is 6.67. The number of guanidine groups is 1. The molecule has 1 heterocycles. The van der Waals surface area contributed by atoms with Gasteiger partial charge < -0.3 is 24.5 Å². The smallest absolute Gasteiger partial charge is 0.216 e. The number of oxazole rings is 1. The van der Waals surface area contributed by atoms with Crippen LogP contribution in [-0.2, 0) is 6.54 Å². The number of ether oxygens (including phenoxy) is 2. The first-order valence-corrected chi connectivity index (χ1v) is 10.3. The van der Waals surface area contributed by atoms with Gasteiger partial charge in [0, 0.05) is 17.7 Å². The molecule has 0 radical (unpaired) electrons. The minimum Gasteiger partial charge on any atom is -0.497 e. The molecule has 0 bridgehead atoms. The monoisotopic (exact) mass is 550 g/mol. The highest BCUT2D eigenvalue weighted by molar-refractivity contribution is 14.0. The molecule has 3 aromatic rings. The zero-order valence-corrected chi connectivity index (χ0v) is 21.5. The van der Waals surface area contributed by atoms with Crippen molar-refractivity contribution in [1.29, 1.82) is 0 Å². The number of aryl methyl sites for hydroxylation is 1. The van der Waals surface area contributed by atoms with E-state index in [0.29, 0.717) is 18.4 Å². The van der Waals surface area contributed by atoms with Crippen LogP contribution in [0.4, 0.5) is 0 Å². The number of halogens is 1. The molecule has 32 heavy (non-hydrogen) atoms. The Kier molecular flexibility index (Phi) is 9.83. The van der Waals surface area contributed by atoms with Gasteiger partial charge in [-0.3, -0.25) is 0 Å². The van der Waals surface area contributed by atoms with Gasteiger partial charge in [0.15, 0.2) is 11.7 Å². The molecule has 7 nitrogen and oxygen atoms in total. The third-order valence-electron chi connectivity index (χ3n) is 4.86. The second kappa shape index (κ2) is 12.3. The van der Waals surface area contributed by atoms with Crippen molar-refractivity contribution in [2.75, 3.05) is 20.8 Å². The number of aromatic nitrogens is 1. The van der Waals surface area contributed by atoms with Crippen molar-refractivity contribution in [2.24, 2.45) is 4.99 Å². The molecule has 0 saturated heterocycles. The van der Waals surface area contributed by atoms with Gasteiger partial charge >= 0.3 is 0 Å². The highest BCUT2D eigenvalue weighted by atomic mass is 127. The molecule has 1 atom stereocenters. The van der Waals surface area contributed by atoms with E-state index in [4.69, 9.17) is 13.9 Å². The lowest BCUT2D eigenvalue weighted by molar-refractivity contribution is 0.394. The fourth-order valence-corrected chi connectivity index (χ4v) is 3.16. The van der Waals surface area contributed by atoms with Crippen molar-refractivity contribution in [3.63, 3.8) is 0 Å². The third kappa shape index (κ3) is 6.62. The fraction of sp³-hybridized carbons (Fsp3) is 0.333. The van der Waals surface area contributed by atoms with E-state index in [1.54, 1.807) is 20.4 Å². The van der Waals surface area contributed by atoms with Crippen LogP contribution in [-0.4, -0.2) is 31.7 Å². The van der Waals surface area contributed by atoms with Gasteiger partial charge in [0.25, 0.3) is 0 Å². The molecule has 0 aliphatic heterocycles. The molecule has 2 N–H and O–H groups in total. The van der Waals surface area contributed by atoms with E-state index < -0.39 is 0 Å². The maximum absolute atomic E-state index is 5.88. The SMILES string of the molecule is CCNC(=NCc1ncc(-c2ccc(C)cc2)o1)NC(C)c1cc(OC)ccc1OC.I. The Morgan fingerprint density at radius 2 is 1.88 bits per heavy atom. The zero-order valence-electron chi connectivity index (χ0n) is 19.1. The summed E-state index contributed by atoms with van der Waals surface area (Å²) in [5.41, 5.74) is 3.18. The molecule has 2 aromatic carbocycles. The quantitative estimate of drug-likeness (QED) is 0.231. The van der Waals surface area contributed by atoms with Gasteiger partial charge in [-0.05, 0) is 39.0 Å². The highest BCUT2D eigenvalue weighted by Crippen LogP contribution is 2.29. The molecule has 0 saturated carbocycles. The van der Waals surface area contributed by atoms with Crippen LogP contribution >= 0.6 is 24.0 Å². The Morgan fingerprint density at radius 3 is 2.53 bits per heavy atom. The predicted octanol–water partition coefficient (Wildman–Crippen LogP) is 5.10. The van der Waals surface area contributed by atoms with Crippen molar-refractivity contribution in [3.05, 3.63) is 65.7 Å². The zero-order chi connectivity index (χ0) is 22.2. The lowest BCUT2D eigenvalue weighted by atomic mass is 10.1. The number of hydrogen-bond acceptors (Lipinski definition) is 5. The van der Waals surface area contributed by atoms with Gasteiger partial charge in [-0.2, -0.15) is 0 Å². The number of rotatable bonds is 8. The number of nitrogens with zero attached hydrogens (tertiary/aromatic N) is 2. The second-order valence-electron chi connectivity index (χ2n) is 7.15. The minimum absolute atomic E-state index is 0. The standard InChI is InChI=1S/C24H30N4O3.HI/c1-6-25-24(28-17(3)20-13-19(29-4)11-12-21(20)30-5)27-15-23-26-14-22(31-23)18-9-7-16(2)8-10-18;/h7-14,17H,6,15H2,1-5H3,(H2,25,27,28);1H. The molecule has 0 fully saturated rings. The van der Waals surface area contributed by atoms with E-state index in [1.165, 1.54) is 5.56 Å². The first-order chi connectivity index (χ1) is 15.0. The topological polar surface area (TPSA) is 80.9 Å². The lowest BCUT2D eigenvalue weighted by Crippen LogP contribution is -2.38. The molecule has 0 aliphatic rings. The predicted molar refractivity (Wildman–Crippen MR) is 138 cm³/mol. The van der Waals surface area contributed by atoms with Crippen LogP contribution in [0.1, 0.15) is 36.9 Å². The molecule has 0 spiro atoms. The van der Waals surface area contributed by atoms with Crippen molar-refractivity contribution in [3.8, 4) is 22.8 Å². The summed E-state index contributed by atoms with van der Waals surface area (Å²) in [7, 11) is 3.31. The van der Waals surface area contributed by atoms with Crippen molar-refractivity contribution >= 4 is 29.9 Å². The van der Waals surface area contributed by atoms with E-state index in [1.807, 2.05) is 44.2 Å². The number of methoxy groups -OCH3 is 2. The maximum Gasteiger partial charge on any atom is 0.216 e. The van der Waals surface area contributed by atoms with Gasteiger partial charge in [-0.25, -0.2) is 9.98 Å². The molecule has 1 unspecified atom stereocenters. The van der Waals surface area contributed by atoms with E-state index in [9.17, 15) is 0 Å². The molecule has 1 aromatic heterocycles. The third-order valence-corrected chi connectivity index (χ3v) is 4.86. The fourth-order valence-electron chi connectivity index (χ4n) is 3.16. The largest absolute Gasteiger partial charge is 0.497 e. The maximum atomic E-state index is 5.88. The van der Waals surface area contributed by atoms with Crippen molar-refractivity contribution in [2.45, 2.75) is 33.4 Å². The van der Waals surface area contributed by atoms with Crippen LogP contribution in [0.3, 0.4) is 0 Å². The summed E-state index contributed by atoms with van der Waals surface area (Å²) >= 11 is 0. The summed E-state index contributed by atoms with van der Waals surface area (Å²) < 4.78 is 16.8. The van der Waals surface area contributed by atoms with Crippen molar-refractivity contribution < 1.29 is 13.9 Å². The number of aliphatic imine (C=N–C) groups is 1. The average Bonchev–Trinajstić information content (AvgIpc) is 3.26. The Morgan fingerprint density at radius 1 is 1.12 bits per heavy atom. The number of hydrogen-bond donors (Lipinski definition) is 2. The van der Waals surface area contributed by atoms with Gasteiger partial charge in [0.05, 0.1) is 26.5 Å². The molecule has 8 heteroatoms. The van der Waals surface area contributed by atoms with E-state index in [-0.39, 0.29) is 30.0 Å². The molecule has 0 aliphatic carbocycles. The molecular weight excluding hydrogens is 519 g/mol. The molecule has 172 valence electrons. The summed E-state index contributed by atoms with van der Waals surface area (Å²) in [6.45, 7) is 7.18. The van der Waals surface area contributed by atoms with E-state index >= 15 is 0 Å². The van der Waals surface area contributed by atoms with Gasteiger partial charge in [0.1, 0.15) is 18.0 Å². The highest BCUT2D eigenvalue weighted by Gasteiger charge is 2.15. The van der Waals surface area contributed by atoms with Crippen LogP contribution in [0.2, 0.25) is 0 Å². The van der Waals surface area contributed by atoms with Gasteiger partial charge in [-0.15, -0.1) is 24.0 Å². The van der Waals surface area contributed by atoms with Crippen LogP contribution in [0, 0.1) is 6.92 Å². The van der Waals surface area contributed by atoms with Crippen LogP contribution in [0.25, 0.3) is 11.3 Å². The summed E-state index contributed by atoms with van der Waals surface area (Å²) in [6, 6.07) is 13.8. The lowest BCUT2D eigenvalue weighted by Gasteiger charge is -2.20. The molecule has 3 rings (SSSR count). The Balaban J connectivity index is 0.00000363. The Hall–Kier alpha value is -2.75. The van der Waals surface area contributed by atoms with Gasteiger partial charge in [0.2, 0.25) is 5.89 Å². The second-order valence-corrected chi connectivity index (χ2v) is 7.15. The van der Waals surface area contributed by atoms with Crippen LogP contribution in [0.15, 0.2) is 58.1 Å². The normalized spacial score (nSPS) is 12.0. The van der Waals surface area contributed by atoms with E-state index in [0.717, 1.165) is 34.9 Å². The number of benzene rings is 2. The molecular formula is C24H31IN4O3. The first kappa shape index (κ1) is 25.5. The Labute approximate surface area is 206 Å². The Bertz CT molecular complexity index is 1020. The average molecular weight is 550 g/mol. The summed E-state index contributed by atoms with van der Waals surface area (Å²) in [5.74, 6) is 3.51. The first-order valence-electron chi connectivity index (χ1n) is 10.3.